The molecule has 160 valence electrons. The summed E-state index contributed by atoms with van der Waals surface area (Å²) in [5, 5.41) is 3.05. The lowest BCUT2D eigenvalue weighted by Gasteiger charge is -2.09. The molecule has 0 aliphatic carbocycles. The number of oxazole rings is 1. The fourth-order valence-corrected chi connectivity index (χ4v) is 3.03. The number of nitrogens with zero attached hydrogens (tertiary/aromatic N) is 1. The summed E-state index contributed by atoms with van der Waals surface area (Å²) in [5.74, 6) is 1.33. The number of hydrogen-bond donors (Lipinski definition) is 3. The topological polar surface area (TPSA) is 90.1 Å². The van der Waals surface area contributed by atoms with Crippen molar-refractivity contribution in [3.8, 4) is 0 Å². The summed E-state index contributed by atoms with van der Waals surface area (Å²) in [5.41, 5.74) is 17.3. The molecule has 29 heavy (non-hydrogen) atoms. The first kappa shape index (κ1) is 24.3. The lowest BCUT2D eigenvalue weighted by atomic mass is 10.0. The van der Waals surface area contributed by atoms with E-state index in [0.717, 1.165) is 35.3 Å². The minimum Gasteiger partial charge on any atom is -0.424 e. The highest BCUT2D eigenvalue weighted by Gasteiger charge is 2.04. The van der Waals surface area contributed by atoms with Gasteiger partial charge in [-0.05, 0) is 60.1 Å². The van der Waals surface area contributed by atoms with Crippen molar-refractivity contribution in [3.05, 3.63) is 47.5 Å². The molecule has 3 rings (SSSR count). The molecular formula is C24H38N4O. The van der Waals surface area contributed by atoms with Gasteiger partial charge in [-0.2, -0.15) is 4.98 Å². The summed E-state index contributed by atoms with van der Waals surface area (Å²) in [6.07, 6.45) is 2.15. The Bertz CT molecular complexity index is 868. The summed E-state index contributed by atoms with van der Waals surface area (Å²) in [6, 6.07) is 12.5. The molecule has 0 aliphatic heterocycles. The van der Waals surface area contributed by atoms with E-state index in [1.165, 1.54) is 11.1 Å². The number of fused-ring (bicyclic) bond motifs is 1. The molecule has 5 nitrogen and oxygen atoms in total. The number of anilines is 3. The van der Waals surface area contributed by atoms with Crippen LogP contribution in [0.2, 0.25) is 0 Å². The monoisotopic (exact) mass is 398 g/mol. The van der Waals surface area contributed by atoms with Crippen molar-refractivity contribution in [2.45, 2.75) is 54.4 Å². The van der Waals surface area contributed by atoms with Crippen molar-refractivity contribution >= 4 is 28.5 Å². The Hall–Kier alpha value is -2.69. The van der Waals surface area contributed by atoms with E-state index < -0.39 is 0 Å². The van der Waals surface area contributed by atoms with E-state index in [0.29, 0.717) is 11.8 Å². The Morgan fingerprint density at radius 1 is 0.897 bits per heavy atom. The third kappa shape index (κ3) is 8.06. The Morgan fingerprint density at radius 2 is 1.45 bits per heavy atom. The first-order valence-corrected chi connectivity index (χ1v) is 10.5. The molecule has 0 radical (unpaired) electrons. The van der Waals surface area contributed by atoms with Crippen LogP contribution in [0.3, 0.4) is 0 Å². The molecule has 0 saturated heterocycles. The number of nitrogen functional groups attached to an aromatic ring is 2. The van der Waals surface area contributed by atoms with Crippen LogP contribution < -0.4 is 16.8 Å². The minimum absolute atomic E-state index is 0.238. The van der Waals surface area contributed by atoms with Gasteiger partial charge >= 0.3 is 0 Å². The van der Waals surface area contributed by atoms with Crippen LogP contribution in [0.25, 0.3) is 11.1 Å². The molecule has 2 aromatic carbocycles. The predicted molar refractivity (Wildman–Crippen MR) is 127 cm³/mol. The van der Waals surface area contributed by atoms with Crippen LogP contribution in [0.1, 0.15) is 52.7 Å². The van der Waals surface area contributed by atoms with E-state index in [2.05, 4.69) is 50.1 Å². The summed E-state index contributed by atoms with van der Waals surface area (Å²) < 4.78 is 5.19. The van der Waals surface area contributed by atoms with Gasteiger partial charge in [-0.1, -0.05) is 53.7 Å². The molecular weight excluding hydrogens is 360 g/mol. The molecule has 0 unspecified atom stereocenters. The van der Waals surface area contributed by atoms with E-state index in [1.807, 2.05) is 45.2 Å². The average molecular weight is 399 g/mol. The largest absolute Gasteiger partial charge is 0.424 e. The van der Waals surface area contributed by atoms with Gasteiger partial charge in [0.25, 0.3) is 6.01 Å². The van der Waals surface area contributed by atoms with Crippen LogP contribution in [0, 0.1) is 11.8 Å². The average Bonchev–Trinajstić information content (AvgIpc) is 3.02. The quantitative estimate of drug-likeness (QED) is 0.449. The fraction of sp³-hybridized carbons (Fsp3) is 0.458. The lowest BCUT2D eigenvalue weighted by Crippen LogP contribution is -1.99. The normalized spacial score (nSPS) is 10.4. The molecule has 0 fully saturated rings. The maximum Gasteiger partial charge on any atom is 0.292 e. The molecule has 3 aromatic rings. The maximum atomic E-state index is 5.85. The maximum absolute atomic E-state index is 5.85. The zero-order valence-corrected chi connectivity index (χ0v) is 19.0. The second kappa shape index (κ2) is 12.0. The van der Waals surface area contributed by atoms with E-state index >= 15 is 0 Å². The summed E-state index contributed by atoms with van der Waals surface area (Å²) in [6.45, 7) is 12.8. The van der Waals surface area contributed by atoms with Gasteiger partial charge in [0, 0.05) is 7.05 Å². The number of nitrogens with one attached hydrogen (secondary N) is 1. The van der Waals surface area contributed by atoms with E-state index in [9.17, 15) is 0 Å². The second-order valence-electron chi connectivity index (χ2n) is 7.72. The van der Waals surface area contributed by atoms with Crippen molar-refractivity contribution in [1.82, 2.24) is 4.98 Å². The smallest absolute Gasteiger partial charge is 0.292 e. The number of rotatable bonds is 5. The van der Waals surface area contributed by atoms with Crippen molar-refractivity contribution in [3.63, 3.8) is 0 Å². The van der Waals surface area contributed by atoms with Crippen LogP contribution >= 0.6 is 0 Å². The lowest BCUT2D eigenvalue weighted by molar-refractivity contribution is 0.625. The summed E-state index contributed by atoms with van der Waals surface area (Å²) in [7, 11) is 1.88. The van der Waals surface area contributed by atoms with Crippen molar-refractivity contribution < 1.29 is 4.42 Å². The number of nitrogens with two attached hydrogens (primary N) is 2. The second-order valence-corrected chi connectivity index (χ2v) is 7.72. The molecule has 0 aliphatic rings. The van der Waals surface area contributed by atoms with Crippen LogP contribution in [-0.2, 0) is 12.8 Å². The molecule has 0 spiro atoms. The first-order valence-electron chi connectivity index (χ1n) is 10.5. The molecule has 0 amide bonds. The Morgan fingerprint density at radius 3 is 1.97 bits per heavy atom. The number of benzene rings is 2. The first-order chi connectivity index (χ1) is 13.8. The van der Waals surface area contributed by atoms with Crippen molar-refractivity contribution in [2.24, 2.45) is 11.8 Å². The van der Waals surface area contributed by atoms with Gasteiger partial charge in [0.05, 0.1) is 11.4 Å². The zero-order chi connectivity index (χ0) is 22.0. The van der Waals surface area contributed by atoms with Gasteiger partial charge in [0.1, 0.15) is 5.52 Å². The zero-order valence-electron chi connectivity index (χ0n) is 19.0. The SMILES string of the molecule is CC.CC(C)Cc1ccc2oc(N)nc2c1.CNc1ccc(CC(C)C)cc1N. The number of hydrogen-bond acceptors (Lipinski definition) is 5. The molecule has 0 atom stereocenters. The molecule has 0 bridgehead atoms. The molecule has 1 heterocycles. The van der Waals surface area contributed by atoms with Gasteiger partial charge in [-0.15, -0.1) is 0 Å². The Kier molecular flexibility index (Phi) is 10.1. The van der Waals surface area contributed by atoms with Gasteiger partial charge in [-0.25, -0.2) is 0 Å². The minimum atomic E-state index is 0.238. The van der Waals surface area contributed by atoms with Crippen molar-refractivity contribution in [2.75, 3.05) is 23.8 Å². The van der Waals surface area contributed by atoms with Crippen LogP contribution in [0.15, 0.2) is 40.8 Å². The van der Waals surface area contributed by atoms with E-state index in [4.69, 9.17) is 15.9 Å². The standard InChI is InChI=1S/C11H14N2O.C11H18N2.C2H6/c1-7(2)5-8-3-4-10-9(6-8)13-11(12)14-10;1-8(2)6-9-4-5-11(13-3)10(12)7-9;1-2/h3-4,6-7H,5H2,1-2H3,(H2,12,13);4-5,7-8,13H,6,12H2,1-3H3;1-2H3. The third-order valence-corrected chi connectivity index (χ3v) is 4.14. The van der Waals surface area contributed by atoms with Crippen molar-refractivity contribution in [1.29, 1.82) is 0 Å². The summed E-state index contributed by atoms with van der Waals surface area (Å²) in [4.78, 5) is 4.09. The van der Waals surface area contributed by atoms with Crippen LogP contribution in [-0.4, -0.2) is 12.0 Å². The van der Waals surface area contributed by atoms with Gasteiger partial charge < -0.3 is 21.2 Å². The highest BCUT2D eigenvalue weighted by Crippen LogP contribution is 2.21. The molecule has 0 saturated carbocycles. The highest BCUT2D eigenvalue weighted by atomic mass is 16.4. The summed E-state index contributed by atoms with van der Waals surface area (Å²) >= 11 is 0. The fourth-order valence-electron chi connectivity index (χ4n) is 3.03. The number of aromatic nitrogens is 1. The van der Waals surface area contributed by atoms with Gasteiger partial charge in [-0.3, -0.25) is 0 Å². The molecule has 5 N–H and O–H groups in total. The Labute approximate surface area is 175 Å². The van der Waals surface area contributed by atoms with Crippen LogP contribution in [0.4, 0.5) is 17.4 Å². The van der Waals surface area contributed by atoms with Gasteiger partial charge in [0.2, 0.25) is 0 Å². The van der Waals surface area contributed by atoms with Gasteiger partial charge in [0.15, 0.2) is 5.58 Å². The van der Waals surface area contributed by atoms with E-state index in [1.54, 1.807) is 0 Å². The Balaban J connectivity index is 0.000000268. The van der Waals surface area contributed by atoms with E-state index in [-0.39, 0.29) is 6.01 Å². The third-order valence-electron chi connectivity index (χ3n) is 4.14. The van der Waals surface area contributed by atoms with Crippen LogP contribution in [0.5, 0.6) is 0 Å². The highest BCUT2D eigenvalue weighted by molar-refractivity contribution is 5.74. The molecule has 1 aromatic heterocycles. The predicted octanol–water partition coefficient (Wildman–Crippen LogP) is 6.14. The molecule has 5 heteroatoms.